The van der Waals surface area contributed by atoms with Gasteiger partial charge in [-0.25, -0.2) is 4.79 Å². The van der Waals surface area contributed by atoms with Crippen molar-refractivity contribution in [3.8, 4) is 5.75 Å². The third-order valence-electron chi connectivity index (χ3n) is 1.99. The third-order valence-corrected chi connectivity index (χ3v) is 3.08. The van der Waals surface area contributed by atoms with Gasteiger partial charge in [-0.05, 0) is 18.6 Å². The van der Waals surface area contributed by atoms with Crippen LogP contribution in [-0.2, 0) is 15.0 Å². The maximum Gasteiger partial charge on any atom is 0.341 e. The van der Waals surface area contributed by atoms with Gasteiger partial charge in [0.1, 0.15) is 5.75 Å². The van der Waals surface area contributed by atoms with Crippen LogP contribution in [0.3, 0.4) is 0 Å². The molecule has 0 fully saturated rings. The number of rotatable bonds is 8. The van der Waals surface area contributed by atoms with Crippen LogP contribution in [-0.4, -0.2) is 32.6 Å². The highest BCUT2D eigenvalue weighted by Gasteiger charge is 2.09. The highest BCUT2D eigenvalue weighted by molar-refractivity contribution is 7.90. The van der Waals surface area contributed by atoms with E-state index < -0.39 is 22.8 Å². The highest BCUT2D eigenvalue weighted by Crippen LogP contribution is 2.17. The Bertz CT molecular complexity index is 530. The molecule has 106 valence electrons. The summed E-state index contributed by atoms with van der Waals surface area (Å²) < 4.78 is 32.8. The summed E-state index contributed by atoms with van der Waals surface area (Å²) in [5.41, 5.74) is 0.298. The molecule has 0 heterocycles. The lowest BCUT2D eigenvalue weighted by molar-refractivity contribution is -0.139. The molecule has 0 radical (unpaired) electrons. The van der Waals surface area contributed by atoms with Gasteiger partial charge >= 0.3 is 5.97 Å². The Labute approximate surface area is 111 Å². The summed E-state index contributed by atoms with van der Waals surface area (Å²) in [4.78, 5) is 10.4. The van der Waals surface area contributed by atoms with Gasteiger partial charge in [-0.2, -0.15) is 13.1 Å². The van der Waals surface area contributed by atoms with E-state index in [2.05, 4.69) is 9.44 Å². The molecule has 1 rings (SSSR count). The summed E-state index contributed by atoms with van der Waals surface area (Å²) in [5, 5.41) is 8.48. The number of benzene rings is 1. The van der Waals surface area contributed by atoms with E-state index in [4.69, 9.17) is 9.84 Å². The molecule has 0 aliphatic rings. The number of anilines is 1. The van der Waals surface area contributed by atoms with E-state index >= 15 is 0 Å². The Morgan fingerprint density at radius 2 is 2.16 bits per heavy atom. The molecule has 0 aliphatic carbocycles. The minimum absolute atomic E-state index is 0.276. The van der Waals surface area contributed by atoms with Crippen molar-refractivity contribution in [2.24, 2.45) is 0 Å². The van der Waals surface area contributed by atoms with Crippen LogP contribution in [0.15, 0.2) is 24.3 Å². The van der Waals surface area contributed by atoms with Gasteiger partial charge in [0.25, 0.3) is 10.2 Å². The SMILES string of the molecule is CCCNS(=O)(=O)Nc1cccc(OCC(=O)O)c1. The molecule has 1 aromatic carbocycles. The molecule has 0 aromatic heterocycles. The van der Waals surface area contributed by atoms with Gasteiger partial charge in [-0.15, -0.1) is 0 Å². The van der Waals surface area contributed by atoms with E-state index in [9.17, 15) is 13.2 Å². The first kappa shape index (κ1) is 15.3. The van der Waals surface area contributed by atoms with Crippen molar-refractivity contribution < 1.29 is 23.1 Å². The molecule has 0 unspecified atom stereocenters. The van der Waals surface area contributed by atoms with Gasteiger partial charge in [0.15, 0.2) is 6.61 Å². The molecule has 0 saturated carbocycles. The second-order valence-electron chi connectivity index (χ2n) is 3.71. The van der Waals surface area contributed by atoms with E-state index in [1.807, 2.05) is 6.92 Å². The van der Waals surface area contributed by atoms with Crippen molar-refractivity contribution in [2.75, 3.05) is 17.9 Å². The first-order valence-electron chi connectivity index (χ1n) is 5.65. The highest BCUT2D eigenvalue weighted by atomic mass is 32.2. The zero-order valence-corrected chi connectivity index (χ0v) is 11.2. The van der Waals surface area contributed by atoms with E-state index in [-0.39, 0.29) is 5.75 Å². The number of nitrogens with one attached hydrogen (secondary N) is 2. The fourth-order valence-corrected chi connectivity index (χ4v) is 2.20. The average Bonchev–Trinajstić information content (AvgIpc) is 2.34. The maximum absolute atomic E-state index is 11.6. The Morgan fingerprint density at radius 1 is 1.42 bits per heavy atom. The molecule has 0 spiro atoms. The molecule has 0 saturated heterocycles. The predicted octanol–water partition coefficient (Wildman–Crippen LogP) is 0.806. The van der Waals surface area contributed by atoms with Crippen molar-refractivity contribution >= 4 is 21.9 Å². The lowest BCUT2D eigenvalue weighted by Crippen LogP contribution is -2.30. The van der Waals surface area contributed by atoms with Crippen LogP contribution in [0.1, 0.15) is 13.3 Å². The number of hydrogen-bond acceptors (Lipinski definition) is 4. The van der Waals surface area contributed by atoms with Gasteiger partial charge in [0, 0.05) is 12.6 Å². The number of carbonyl (C=O) groups is 1. The molecule has 0 aliphatic heterocycles. The number of carboxylic acids is 1. The van der Waals surface area contributed by atoms with Crippen molar-refractivity contribution in [3.63, 3.8) is 0 Å². The van der Waals surface area contributed by atoms with E-state index in [0.29, 0.717) is 18.7 Å². The fourth-order valence-electron chi connectivity index (χ4n) is 1.22. The molecule has 1 aromatic rings. The van der Waals surface area contributed by atoms with Crippen LogP contribution >= 0.6 is 0 Å². The van der Waals surface area contributed by atoms with Crippen LogP contribution < -0.4 is 14.2 Å². The topological polar surface area (TPSA) is 105 Å². The summed E-state index contributed by atoms with van der Waals surface area (Å²) in [5.74, 6) is -0.825. The molecule has 8 heteroatoms. The van der Waals surface area contributed by atoms with E-state index in [1.54, 1.807) is 18.2 Å². The van der Waals surface area contributed by atoms with Gasteiger partial charge in [0.05, 0.1) is 5.69 Å². The Hall–Kier alpha value is -1.80. The van der Waals surface area contributed by atoms with Crippen LogP contribution in [0.25, 0.3) is 0 Å². The largest absolute Gasteiger partial charge is 0.482 e. The normalized spacial score (nSPS) is 11.0. The van der Waals surface area contributed by atoms with Gasteiger partial charge in [0.2, 0.25) is 0 Å². The summed E-state index contributed by atoms with van der Waals surface area (Å²) in [6.07, 6.45) is 0.683. The van der Waals surface area contributed by atoms with E-state index in [0.717, 1.165) is 0 Å². The average molecular weight is 288 g/mol. The molecule has 0 amide bonds. The van der Waals surface area contributed by atoms with Crippen molar-refractivity contribution in [1.29, 1.82) is 0 Å². The summed E-state index contributed by atoms with van der Waals surface area (Å²) in [7, 11) is -3.62. The van der Waals surface area contributed by atoms with Gasteiger partial charge < -0.3 is 9.84 Å². The maximum atomic E-state index is 11.6. The predicted molar refractivity (Wildman–Crippen MR) is 70.4 cm³/mol. The first-order chi connectivity index (χ1) is 8.93. The van der Waals surface area contributed by atoms with Crippen LogP contribution in [0.5, 0.6) is 5.75 Å². The molecule has 7 nitrogen and oxygen atoms in total. The minimum Gasteiger partial charge on any atom is -0.482 e. The van der Waals surface area contributed by atoms with Crippen molar-refractivity contribution in [1.82, 2.24) is 4.72 Å². The lowest BCUT2D eigenvalue weighted by Gasteiger charge is -2.10. The summed E-state index contributed by atoms with van der Waals surface area (Å²) in [6, 6.07) is 6.06. The number of carboxylic acid groups (broad SMARTS) is 1. The fraction of sp³-hybridized carbons (Fsp3) is 0.364. The second-order valence-corrected chi connectivity index (χ2v) is 5.21. The number of aliphatic carboxylic acids is 1. The second kappa shape index (κ2) is 6.95. The Morgan fingerprint density at radius 3 is 2.79 bits per heavy atom. The van der Waals surface area contributed by atoms with Crippen molar-refractivity contribution in [3.05, 3.63) is 24.3 Å². The molecule has 3 N–H and O–H groups in total. The van der Waals surface area contributed by atoms with Gasteiger partial charge in [-0.3, -0.25) is 4.72 Å². The Kier molecular flexibility index (Phi) is 5.58. The third kappa shape index (κ3) is 6.07. The van der Waals surface area contributed by atoms with Crippen LogP contribution in [0.2, 0.25) is 0 Å². The van der Waals surface area contributed by atoms with Gasteiger partial charge in [-0.1, -0.05) is 13.0 Å². The number of hydrogen-bond donors (Lipinski definition) is 3. The smallest absolute Gasteiger partial charge is 0.341 e. The lowest BCUT2D eigenvalue weighted by atomic mass is 10.3. The monoisotopic (exact) mass is 288 g/mol. The molecular weight excluding hydrogens is 272 g/mol. The standard InChI is InChI=1S/C11H16N2O5S/c1-2-6-12-19(16,17)13-9-4-3-5-10(7-9)18-8-11(14)15/h3-5,7,12-13H,2,6,8H2,1H3,(H,14,15). The molecule has 19 heavy (non-hydrogen) atoms. The zero-order valence-electron chi connectivity index (χ0n) is 10.4. The summed E-state index contributed by atoms with van der Waals surface area (Å²) in [6.45, 7) is 1.71. The number of ether oxygens (including phenoxy) is 1. The van der Waals surface area contributed by atoms with Crippen LogP contribution in [0, 0.1) is 0 Å². The van der Waals surface area contributed by atoms with Crippen LogP contribution in [0.4, 0.5) is 5.69 Å². The van der Waals surface area contributed by atoms with E-state index in [1.165, 1.54) is 6.07 Å². The first-order valence-corrected chi connectivity index (χ1v) is 7.13. The molecule has 0 bridgehead atoms. The quantitative estimate of drug-likeness (QED) is 0.656. The van der Waals surface area contributed by atoms with Crippen molar-refractivity contribution in [2.45, 2.75) is 13.3 Å². The molecular formula is C11H16N2O5S. The molecule has 0 atom stereocenters. The zero-order chi connectivity index (χ0) is 14.3. The minimum atomic E-state index is -3.62. The summed E-state index contributed by atoms with van der Waals surface area (Å²) >= 11 is 0. The Balaban J connectivity index is 2.68.